The van der Waals surface area contributed by atoms with E-state index in [0.29, 0.717) is 10.7 Å². The first-order valence-corrected chi connectivity index (χ1v) is 8.23. The lowest BCUT2D eigenvalue weighted by Crippen LogP contribution is -2.14. The minimum absolute atomic E-state index is 0.137. The van der Waals surface area contributed by atoms with Crippen LogP contribution >= 0.6 is 11.3 Å². The van der Waals surface area contributed by atoms with Crippen LogP contribution < -0.4 is 10.2 Å². The van der Waals surface area contributed by atoms with Crippen molar-refractivity contribution in [2.24, 2.45) is 0 Å². The predicted octanol–water partition coefficient (Wildman–Crippen LogP) is 4.23. The fourth-order valence-corrected chi connectivity index (χ4v) is 3.29. The van der Waals surface area contributed by atoms with Crippen LogP contribution in [0.25, 0.3) is 10.2 Å². The summed E-state index contributed by atoms with van der Waals surface area (Å²) in [6.45, 7) is 4.13. The lowest BCUT2D eigenvalue weighted by atomic mass is 10.1. The van der Waals surface area contributed by atoms with Crippen molar-refractivity contribution in [1.29, 1.82) is 0 Å². The number of hydrogen-bond donors (Lipinski definition) is 1. The van der Waals surface area contributed by atoms with E-state index in [-0.39, 0.29) is 5.91 Å². The Labute approximate surface area is 139 Å². The van der Waals surface area contributed by atoms with E-state index in [1.807, 2.05) is 43.3 Å². The largest absolute Gasteiger partial charge is 0.378 e. The molecule has 118 valence electrons. The van der Waals surface area contributed by atoms with Crippen molar-refractivity contribution < 1.29 is 4.79 Å². The topological polar surface area (TPSA) is 45.2 Å². The van der Waals surface area contributed by atoms with E-state index in [0.717, 1.165) is 21.5 Å². The van der Waals surface area contributed by atoms with E-state index in [1.165, 1.54) is 16.9 Å². The molecule has 0 aliphatic rings. The molecule has 0 unspecified atom stereocenters. The number of nitrogens with zero attached hydrogens (tertiary/aromatic N) is 2. The molecular weight excluding hydrogens is 306 g/mol. The molecule has 1 heterocycles. The first-order chi connectivity index (χ1) is 11.0. The highest BCUT2D eigenvalue weighted by atomic mass is 32.1. The van der Waals surface area contributed by atoms with Crippen LogP contribution in [-0.4, -0.2) is 25.0 Å². The lowest BCUT2D eigenvalue weighted by molar-refractivity contribution is 0.102. The van der Waals surface area contributed by atoms with Gasteiger partial charge in [-0.2, -0.15) is 0 Å². The number of fused-ring (bicyclic) bond motifs is 1. The Balaban J connectivity index is 1.88. The Morgan fingerprint density at radius 1 is 1.17 bits per heavy atom. The molecule has 1 N–H and O–H groups in total. The van der Waals surface area contributed by atoms with Crippen LogP contribution in [0.1, 0.15) is 21.5 Å². The monoisotopic (exact) mass is 325 g/mol. The second-order valence-electron chi connectivity index (χ2n) is 5.77. The van der Waals surface area contributed by atoms with Gasteiger partial charge >= 0.3 is 0 Å². The van der Waals surface area contributed by atoms with Gasteiger partial charge in [-0.15, -0.1) is 0 Å². The van der Waals surface area contributed by atoms with E-state index in [2.05, 4.69) is 36.3 Å². The molecule has 0 aliphatic carbocycles. The summed E-state index contributed by atoms with van der Waals surface area (Å²) in [5.74, 6) is -0.137. The van der Waals surface area contributed by atoms with Gasteiger partial charge in [-0.1, -0.05) is 23.5 Å². The summed E-state index contributed by atoms with van der Waals surface area (Å²) in [6.07, 6.45) is 0. The summed E-state index contributed by atoms with van der Waals surface area (Å²) in [5.41, 5.74) is 4.96. The molecule has 0 bridgehead atoms. The fourth-order valence-electron chi connectivity index (χ4n) is 2.37. The highest BCUT2D eigenvalue weighted by Crippen LogP contribution is 2.30. The molecule has 3 rings (SSSR count). The minimum Gasteiger partial charge on any atom is -0.378 e. The Morgan fingerprint density at radius 2 is 1.96 bits per heavy atom. The van der Waals surface area contributed by atoms with Gasteiger partial charge in [0.1, 0.15) is 0 Å². The Morgan fingerprint density at radius 3 is 2.70 bits per heavy atom. The van der Waals surface area contributed by atoms with Crippen LogP contribution in [0.4, 0.5) is 10.8 Å². The Hall–Kier alpha value is -2.40. The fraction of sp³-hybridized carbons (Fsp3) is 0.222. The predicted molar refractivity (Wildman–Crippen MR) is 97.8 cm³/mol. The van der Waals surface area contributed by atoms with Crippen molar-refractivity contribution in [3.8, 4) is 0 Å². The number of carbonyl (C=O) groups excluding carboxylic acids is 1. The zero-order chi connectivity index (χ0) is 16.6. The summed E-state index contributed by atoms with van der Waals surface area (Å²) in [5, 5.41) is 3.54. The maximum atomic E-state index is 12.5. The van der Waals surface area contributed by atoms with Gasteiger partial charge in [-0.05, 0) is 49.2 Å². The zero-order valence-electron chi connectivity index (χ0n) is 13.7. The third kappa shape index (κ3) is 3.05. The molecule has 0 spiro atoms. The average Bonchev–Trinajstić information content (AvgIpc) is 2.94. The van der Waals surface area contributed by atoms with Gasteiger partial charge in [-0.3, -0.25) is 10.1 Å². The smallest absolute Gasteiger partial charge is 0.257 e. The van der Waals surface area contributed by atoms with Gasteiger partial charge < -0.3 is 4.90 Å². The number of amides is 1. The molecule has 2 aromatic carbocycles. The molecule has 0 aliphatic heterocycles. The number of hydrogen-bond acceptors (Lipinski definition) is 4. The molecule has 1 amide bonds. The maximum absolute atomic E-state index is 12.5. The van der Waals surface area contributed by atoms with Gasteiger partial charge in [0.2, 0.25) is 0 Å². The summed E-state index contributed by atoms with van der Waals surface area (Å²) in [4.78, 5) is 19.0. The van der Waals surface area contributed by atoms with Gasteiger partial charge in [0.05, 0.1) is 10.2 Å². The Bertz CT molecular complexity index is 883. The van der Waals surface area contributed by atoms with Crippen molar-refractivity contribution in [2.75, 3.05) is 24.3 Å². The van der Waals surface area contributed by atoms with Crippen LogP contribution in [0.2, 0.25) is 0 Å². The van der Waals surface area contributed by atoms with Crippen LogP contribution in [0.15, 0.2) is 36.4 Å². The normalized spacial score (nSPS) is 10.8. The van der Waals surface area contributed by atoms with Gasteiger partial charge in [0.15, 0.2) is 5.13 Å². The number of anilines is 2. The second-order valence-corrected chi connectivity index (χ2v) is 6.80. The van der Waals surface area contributed by atoms with Gasteiger partial charge in [-0.25, -0.2) is 4.98 Å². The van der Waals surface area contributed by atoms with E-state index < -0.39 is 0 Å². The Kier molecular flexibility index (Phi) is 4.05. The first kappa shape index (κ1) is 15.5. The quantitative estimate of drug-likeness (QED) is 0.784. The maximum Gasteiger partial charge on any atom is 0.257 e. The molecule has 5 heteroatoms. The second kappa shape index (κ2) is 6.01. The number of benzene rings is 2. The number of thiazole rings is 1. The molecule has 1 aromatic heterocycles. The van der Waals surface area contributed by atoms with Gasteiger partial charge in [0.25, 0.3) is 5.91 Å². The zero-order valence-corrected chi connectivity index (χ0v) is 14.5. The van der Waals surface area contributed by atoms with E-state index in [9.17, 15) is 4.79 Å². The lowest BCUT2D eigenvalue weighted by Gasteiger charge is -2.13. The molecule has 4 nitrogen and oxygen atoms in total. The molecular formula is C18H19N3OS. The number of rotatable bonds is 3. The molecule has 0 radical (unpaired) electrons. The average molecular weight is 325 g/mol. The number of aryl methyl sites for hydroxylation is 2. The molecule has 3 aromatic rings. The standard InChI is InChI=1S/C18H19N3OS/c1-11-8-9-15-16(12(11)2)19-18(23-15)20-17(22)13-6-5-7-14(10-13)21(3)4/h5-10H,1-4H3,(H,19,20,22). The summed E-state index contributed by atoms with van der Waals surface area (Å²) >= 11 is 1.50. The number of nitrogens with one attached hydrogen (secondary N) is 1. The van der Waals surface area contributed by atoms with Crippen LogP contribution in [0.3, 0.4) is 0 Å². The van der Waals surface area contributed by atoms with Crippen molar-refractivity contribution in [1.82, 2.24) is 4.98 Å². The van der Waals surface area contributed by atoms with Crippen molar-refractivity contribution in [3.05, 3.63) is 53.1 Å². The first-order valence-electron chi connectivity index (χ1n) is 7.41. The molecule has 0 fully saturated rings. The highest BCUT2D eigenvalue weighted by molar-refractivity contribution is 7.22. The van der Waals surface area contributed by atoms with Crippen molar-refractivity contribution in [2.45, 2.75) is 13.8 Å². The molecule has 23 heavy (non-hydrogen) atoms. The number of carbonyl (C=O) groups is 1. The van der Waals surface area contributed by atoms with Gasteiger partial charge in [0, 0.05) is 25.3 Å². The summed E-state index contributed by atoms with van der Waals surface area (Å²) in [6, 6.07) is 11.7. The molecule has 0 atom stereocenters. The van der Waals surface area contributed by atoms with Crippen LogP contribution in [0, 0.1) is 13.8 Å². The highest BCUT2D eigenvalue weighted by Gasteiger charge is 2.12. The minimum atomic E-state index is -0.137. The third-order valence-electron chi connectivity index (χ3n) is 3.93. The van der Waals surface area contributed by atoms with Crippen molar-refractivity contribution >= 4 is 38.3 Å². The molecule has 0 saturated heterocycles. The van der Waals surface area contributed by atoms with Crippen LogP contribution in [-0.2, 0) is 0 Å². The SMILES string of the molecule is Cc1ccc2sc(NC(=O)c3cccc(N(C)C)c3)nc2c1C. The van der Waals surface area contributed by atoms with E-state index in [1.54, 1.807) is 0 Å². The number of aromatic nitrogens is 1. The van der Waals surface area contributed by atoms with E-state index >= 15 is 0 Å². The van der Waals surface area contributed by atoms with E-state index in [4.69, 9.17) is 0 Å². The summed E-state index contributed by atoms with van der Waals surface area (Å²) in [7, 11) is 3.91. The van der Waals surface area contributed by atoms with Crippen molar-refractivity contribution in [3.63, 3.8) is 0 Å². The van der Waals surface area contributed by atoms with Crippen LogP contribution in [0.5, 0.6) is 0 Å². The third-order valence-corrected chi connectivity index (χ3v) is 4.87. The molecule has 0 saturated carbocycles. The summed E-state index contributed by atoms with van der Waals surface area (Å²) < 4.78 is 1.09.